The van der Waals surface area contributed by atoms with Gasteiger partial charge in [-0.15, -0.1) is 0 Å². The van der Waals surface area contributed by atoms with Gasteiger partial charge in [-0.05, 0) is 40.5 Å². The summed E-state index contributed by atoms with van der Waals surface area (Å²) in [7, 11) is 0. The van der Waals surface area contributed by atoms with Crippen molar-refractivity contribution >= 4 is 11.6 Å². The fourth-order valence-corrected chi connectivity index (χ4v) is 5.14. The number of carbonyl (C=O) groups is 1. The molecule has 0 N–H and O–H groups in total. The van der Waals surface area contributed by atoms with E-state index in [1.807, 2.05) is 65.6 Å². The standard InChI is InChI=1S/C29H20N2O2/c30-17-20-14-15-25-27(16-20)33-19-29(25)24-12-6-7-13-26(24)31(28(29)32)18-22-10-4-5-11-23(22)21-8-2-1-3-9-21/h1-16H,18-19H2. The number of nitriles is 1. The first-order chi connectivity index (χ1) is 16.2. The Balaban J connectivity index is 1.47. The monoisotopic (exact) mass is 428 g/mol. The predicted octanol–water partition coefficient (Wildman–Crippen LogP) is 5.45. The Kier molecular flexibility index (Phi) is 4.31. The second-order valence-corrected chi connectivity index (χ2v) is 8.45. The summed E-state index contributed by atoms with van der Waals surface area (Å²) in [4.78, 5) is 16.0. The lowest BCUT2D eigenvalue weighted by atomic mass is 9.77. The van der Waals surface area contributed by atoms with E-state index in [2.05, 4.69) is 30.3 Å². The van der Waals surface area contributed by atoms with Gasteiger partial charge in [0, 0.05) is 11.3 Å². The molecule has 0 radical (unpaired) electrons. The molecule has 1 unspecified atom stereocenters. The number of rotatable bonds is 3. The molecule has 4 heteroatoms. The lowest BCUT2D eigenvalue weighted by molar-refractivity contribution is -0.122. The van der Waals surface area contributed by atoms with Crippen molar-refractivity contribution < 1.29 is 9.53 Å². The van der Waals surface area contributed by atoms with E-state index in [1.54, 1.807) is 12.1 Å². The zero-order valence-corrected chi connectivity index (χ0v) is 17.9. The van der Waals surface area contributed by atoms with Crippen molar-refractivity contribution in [1.29, 1.82) is 5.26 Å². The minimum atomic E-state index is -0.887. The van der Waals surface area contributed by atoms with Gasteiger partial charge >= 0.3 is 0 Å². The maximum Gasteiger partial charge on any atom is 0.246 e. The first-order valence-electron chi connectivity index (χ1n) is 10.9. The summed E-state index contributed by atoms with van der Waals surface area (Å²) >= 11 is 0. The van der Waals surface area contributed by atoms with E-state index < -0.39 is 5.41 Å². The average Bonchev–Trinajstić information content (AvgIpc) is 3.37. The van der Waals surface area contributed by atoms with E-state index in [1.165, 1.54) is 0 Å². The molecule has 33 heavy (non-hydrogen) atoms. The second-order valence-electron chi connectivity index (χ2n) is 8.45. The van der Waals surface area contributed by atoms with Crippen LogP contribution in [0, 0.1) is 11.3 Å². The highest BCUT2D eigenvalue weighted by Crippen LogP contribution is 2.52. The molecule has 0 saturated heterocycles. The molecule has 1 spiro atoms. The Hall–Kier alpha value is -4.36. The van der Waals surface area contributed by atoms with Gasteiger partial charge in [-0.25, -0.2) is 0 Å². The van der Waals surface area contributed by atoms with Gasteiger partial charge in [-0.1, -0.05) is 78.9 Å². The average molecular weight is 428 g/mol. The molecule has 2 aliphatic rings. The zero-order valence-electron chi connectivity index (χ0n) is 17.9. The Morgan fingerprint density at radius 3 is 2.48 bits per heavy atom. The van der Waals surface area contributed by atoms with Crippen LogP contribution in [0.1, 0.15) is 22.3 Å². The summed E-state index contributed by atoms with van der Waals surface area (Å²) in [6.45, 7) is 0.707. The lowest BCUT2D eigenvalue weighted by Gasteiger charge is -2.24. The van der Waals surface area contributed by atoms with Crippen LogP contribution in [0.3, 0.4) is 0 Å². The molecule has 2 heterocycles. The van der Waals surface area contributed by atoms with Gasteiger partial charge in [0.05, 0.1) is 18.2 Å². The maximum absolute atomic E-state index is 14.1. The maximum atomic E-state index is 14.1. The predicted molar refractivity (Wildman–Crippen MR) is 127 cm³/mol. The van der Waals surface area contributed by atoms with Crippen LogP contribution in [0.25, 0.3) is 11.1 Å². The number of nitrogens with zero attached hydrogens (tertiary/aromatic N) is 2. The van der Waals surface area contributed by atoms with Gasteiger partial charge in [0.1, 0.15) is 17.8 Å². The highest BCUT2D eigenvalue weighted by atomic mass is 16.5. The SMILES string of the molecule is N#Cc1ccc2c(c1)OCC21C(=O)N(Cc2ccccc2-c2ccccc2)c2ccccc21. The molecular weight excluding hydrogens is 408 g/mol. The van der Waals surface area contributed by atoms with Crippen molar-refractivity contribution in [3.05, 3.63) is 119 Å². The molecule has 2 aliphatic heterocycles. The molecule has 0 saturated carbocycles. The minimum absolute atomic E-state index is 0.00928. The van der Waals surface area contributed by atoms with Crippen LogP contribution in [-0.2, 0) is 16.8 Å². The van der Waals surface area contributed by atoms with Crippen LogP contribution in [0.4, 0.5) is 5.69 Å². The largest absolute Gasteiger partial charge is 0.491 e. The zero-order chi connectivity index (χ0) is 22.4. The molecule has 1 atom stereocenters. The van der Waals surface area contributed by atoms with Crippen LogP contribution in [-0.4, -0.2) is 12.5 Å². The summed E-state index contributed by atoms with van der Waals surface area (Å²) < 4.78 is 6.00. The van der Waals surface area contributed by atoms with Crippen LogP contribution >= 0.6 is 0 Å². The second kappa shape index (κ2) is 7.36. The first-order valence-corrected chi connectivity index (χ1v) is 10.9. The summed E-state index contributed by atoms with van der Waals surface area (Å²) in [5.41, 5.74) is 5.66. The van der Waals surface area contributed by atoms with E-state index in [9.17, 15) is 10.1 Å². The summed E-state index contributed by atoms with van der Waals surface area (Å²) in [6.07, 6.45) is 0. The number of anilines is 1. The molecular formula is C29H20N2O2. The van der Waals surface area contributed by atoms with E-state index in [0.717, 1.165) is 33.5 Å². The Morgan fingerprint density at radius 2 is 1.64 bits per heavy atom. The van der Waals surface area contributed by atoms with Gasteiger partial charge in [0.2, 0.25) is 5.91 Å². The third kappa shape index (κ3) is 2.79. The molecule has 0 fully saturated rings. The number of hydrogen-bond donors (Lipinski definition) is 0. The molecule has 6 rings (SSSR count). The van der Waals surface area contributed by atoms with Gasteiger partial charge in [-0.3, -0.25) is 4.79 Å². The molecule has 0 bridgehead atoms. The molecule has 0 aliphatic carbocycles. The quantitative estimate of drug-likeness (QED) is 0.436. The van der Waals surface area contributed by atoms with Crippen LogP contribution in [0.15, 0.2) is 97.1 Å². The van der Waals surface area contributed by atoms with Crippen molar-refractivity contribution in [2.24, 2.45) is 0 Å². The van der Waals surface area contributed by atoms with Gasteiger partial charge < -0.3 is 9.64 Å². The summed E-state index contributed by atoms with van der Waals surface area (Å²) in [5, 5.41) is 9.28. The molecule has 4 aromatic carbocycles. The Bertz CT molecular complexity index is 1440. The van der Waals surface area contributed by atoms with E-state index in [-0.39, 0.29) is 12.5 Å². The van der Waals surface area contributed by atoms with E-state index in [0.29, 0.717) is 17.9 Å². The first kappa shape index (κ1) is 19.3. The van der Waals surface area contributed by atoms with Crippen LogP contribution < -0.4 is 9.64 Å². The number of carbonyl (C=O) groups excluding carboxylic acids is 1. The molecule has 158 valence electrons. The smallest absolute Gasteiger partial charge is 0.246 e. The van der Waals surface area contributed by atoms with Gasteiger partial charge in [0.25, 0.3) is 0 Å². The normalized spacial score (nSPS) is 18.0. The topological polar surface area (TPSA) is 53.3 Å². The van der Waals surface area contributed by atoms with Crippen molar-refractivity contribution in [2.45, 2.75) is 12.0 Å². The Morgan fingerprint density at radius 1 is 0.879 bits per heavy atom. The van der Waals surface area contributed by atoms with Crippen molar-refractivity contribution in [3.8, 4) is 22.9 Å². The number of ether oxygens (including phenoxy) is 1. The van der Waals surface area contributed by atoms with Gasteiger partial charge in [0.15, 0.2) is 0 Å². The molecule has 0 aromatic heterocycles. The molecule has 1 amide bonds. The number of benzene rings is 4. The van der Waals surface area contributed by atoms with E-state index in [4.69, 9.17) is 4.74 Å². The van der Waals surface area contributed by atoms with Crippen molar-refractivity contribution in [1.82, 2.24) is 0 Å². The van der Waals surface area contributed by atoms with Crippen molar-refractivity contribution in [2.75, 3.05) is 11.5 Å². The fraction of sp³-hybridized carbons (Fsp3) is 0.103. The third-order valence-electron chi connectivity index (χ3n) is 6.71. The number of amides is 1. The molecule has 4 nitrogen and oxygen atoms in total. The van der Waals surface area contributed by atoms with Crippen LogP contribution in [0.5, 0.6) is 5.75 Å². The van der Waals surface area contributed by atoms with Gasteiger partial charge in [-0.2, -0.15) is 5.26 Å². The highest BCUT2D eigenvalue weighted by molar-refractivity contribution is 6.11. The summed E-state index contributed by atoms with van der Waals surface area (Å²) in [6, 6.07) is 34.0. The minimum Gasteiger partial charge on any atom is -0.491 e. The number of para-hydroxylation sites is 1. The number of fused-ring (bicyclic) bond motifs is 4. The highest BCUT2D eigenvalue weighted by Gasteiger charge is 2.56. The van der Waals surface area contributed by atoms with Crippen molar-refractivity contribution in [3.63, 3.8) is 0 Å². The lowest BCUT2D eigenvalue weighted by Crippen LogP contribution is -2.42. The number of hydrogen-bond acceptors (Lipinski definition) is 3. The fourth-order valence-electron chi connectivity index (χ4n) is 5.14. The van der Waals surface area contributed by atoms with E-state index >= 15 is 0 Å². The Labute approximate surface area is 192 Å². The summed E-state index contributed by atoms with van der Waals surface area (Å²) in [5.74, 6) is 0.624. The molecule has 4 aromatic rings. The van der Waals surface area contributed by atoms with Crippen LogP contribution in [0.2, 0.25) is 0 Å². The third-order valence-corrected chi connectivity index (χ3v) is 6.71.